The van der Waals surface area contributed by atoms with E-state index in [1.807, 2.05) is 0 Å². The van der Waals surface area contributed by atoms with Crippen molar-refractivity contribution in [3.63, 3.8) is 0 Å². The second-order valence-electron chi connectivity index (χ2n) is 3.72. The Hall–Kier alpha value is -2.58. The van der Waals surface area contributed by atoms with Gasteiger partial charge in [-0.3, -0.25) is 15.6 Å². The van der Waals surface area contributed by atoms with Gasteiger partial charge in [0.1, 0.15) is 12.0 Å². The molecule has 0 radical (unpaired) electrons. The van der Waals surface area contributed by atoms with Crippen molar-refractivity contribution in [2.24, 2.45) is 5.84 Å². The van der Waals surface area contributed by atoms with Crippen molar-refractivity contribution in [3.8, 4) is 0 Å². The molecule has 9 heteroatoms. The Morgan fingerprint density at radius 2 is 2.00 bits per heavy atom. The lowest BCUT2D eigenvalue weighted by molar-refractivity contribution is 0.0962. The summed E-state index contributed by atoms with van der Waals surface area (Å²) in [6.45, 7) is 0. The van der Waals surface area contributed by atoms with Crippen LogP contribution in [0.15, 0.2) is 30.6 Å². The minimum Gasteiger partial charge on any atom is -0.393 e. The normalized spacial score (nSPS) is 9.90. The number of carbonyl (C=O) groups is 1. The molecule has 2 aromatic rings. The Labute approximate surface area is 119 Å². The molecule has 20 heavy (non-hydrogen) atoms. The summed E-state index contributed by atoms with van der Waals surface area (Å²) in [5.41, 5.74) is 13.7. The Bertz CT molecular complexity index is 634. The first-order chi connectivity index (χ1) is 9.61. The molecule has 104 valence electrons. The van der Waals surface area contributed by atoms with Crippen molar-refractivity contribution in [1.82, 2.24) is 15.4 Å². The average molecular weight is 294 g/mol. The van der Waals surface area contributed by atoms with Crippen molar-refractivity contribution in [1.29, 1.82) is 0 Å². The summed E-state index contributed by atoms with van der Waals surface area (Å²) in [5, 5.41) is 0.466. The van der Waals surface area contributed by atoms with E-state index in [4.69, 9.17) is 23.2 Å². The van der Waals surface area contributed by atoms with Gasteiger partial charge >= 0.3 is 0 Å². The number of nitrogens with two attached hydrogens (primary N) is 2. The van der Waals surface area contributed by atoms with Crippen LogP contribution in [0.1, 0.15) is 10.4 Å². The monoisotopic (exact) mass is 293 g/mol. The van der Waals surface area contributed by atoms with E-state index < -0.39 is 0 Å². The van der Waals surface area contributed by atoms with Gasteiger partial charge in [0.2, 0.25) is 0 Å². The number of halogens is 1. The van der Waals surface area contributed by atoms with Gasteiger partial charge in [0.25, 0.3) is 5.91 Å². The van der Waals surface area contributed by atoms with Crippen LogP contribution in [0.5, 0.6) is 0 Å². The van der Waals surface area contributed by atoms with E-state index >= 15 is 0 Å². The van der Waals surface area contributed by atoms with Gasteiger partial charge in [0.05, 0.1) is 0 Å². The van der Waals surface area contributed by atoms with Crippen LogP contribution in [0.4, 0.5) is 17.3 Å². The highest BCUT2D eigenvalue weighted by Gasteiger charge is 2.09. The maximum atomic E-state index is 11.9. The van der Waals surface area contributed by atoms with Crippen molar-refractivity contribution in [2.45, 2.75) is 0 Å². The Balaban J connectivity index is 2.07. The summed E-state index contributed by atoms with van der Waals surface area (Å²) in [7, 11) is 0. The molecule has 0 aliphatic rings. The highest BCUT2D eigenvalue weighted by molar-refractivity contribution is 6.30. The van der Waals surface area contributed by atoms with E-state index in [-0.39, 0.29) is 23.2 Å². The predicted octanol–water partition coefficient (Wildman–Crippen LogP) is 0.755. The maximum absolute atomic E-state index is 11.9. The first-order valence-electron chi connectivity index (χ1n) is 5.51. The molecule has 1 aromatic carbocycles. The molecular weight excluding hydrogens is 282 g/mol. The minimum atomic E-state index is -0.382. The standard InChI is InChI=1S/C11H12ClN7O/c12-7-3-1-2-6(4-7)11(20)19-18-10-8(13)9(17-14)15-5-16-10/h1-5H,13-14H2,(H,19,20)(H2,15,16,17,18). The van der Waals surface area contributed by atoms with Gasteiger partial charge in [-0.1, -0.05) is 17.7 Å². The van der Waals surface area contributed by atoms with Crippen LogP contribution < -0.4 is 27.9 Å². The van der Waals surface area contributed by atoms with Gasteiger partial charge in [-0.05, 0) is 18.2 Å². The molecule has 2 rings (SSSR count). The van der Waals surface area contributed by atoms with Gasteiger partial charge in [-0.15, -0.1) is 0 Å². The zero-order valence-electron chi connectivity index (χ0n) is 10.2. The quantitative estimate of drug-likeness (QED) is 0.415. The zero-order chi connectivity index (χ0) is 14.5. The maximum Gasteiger partial charge on any atom is 0.269 e. The molecule has 0 aliphatic carbocycles. The van der Waals surface area contributed by atoms with Crippen molar-refractivity contribution in [2.75, 3.05) is 16.6 Å². The van der Waals surface area contributed by atoms with Crippen molar-refractivity contribution >= 4 is 34.8 Å². The third kappa shape index (κ3) is 3.05. The molecule has 1 amide bonds. The van der Waals surface area contributed by atoms with Crippen LogP contribution in [0, 0.1) is 0 Å². The number of rotatable bonds is 4. The van der Waals surface area contributed by atoms with Gasteiger partial charge in [-0.25, -0.2) is 15.8 Å². The Morgan fingerprint density at radius 3 is 2.70 bits per heavy atom. The fourth-order valence-electron chi connectivity index (χ4n) is 1.43. The second-order valence-corrected chi connectivity index (χ2v) is 4.15. The number of hydrogen-bond donors (Lipinski definition) is 5. The fourth-order valence-corrected chi connectivity index (χ4v) is 1.62. The molecule has 1 heterocycles. The molecule has 0 atom stereocenters. The summed E-state index contributed by atoms with van der Waals surface area (Å²) >= 11 is 5.81. The first-order valence-corrected chi connectivity index (χ1v) is 5.88. The number of nitrogens with zero attached hydrogens (tertiary/aromatic N) is 2. The number of benzene rings is 1. The Kier molecular flexibility index (Phi) is 4.18. The number of aromatic nitrogens is 2. The molecule has 0 saturated carbocycles. The minimum absolute atomic E-state index is 0.182. The van der Waals surface area contributed by atoms with E-state index in [2.05, 4.69) is 26.2 Å². The van der Waals surface area contributed by atoms with E-state index in [0.717, 1.165) is 0 Å². The summed E-state index contributed by atoms with van der Waals surface area (Å²) in [5.74, 6) is 5.33. The molecule has 0 aliphatic heterocycles. The van der Waals surface area contributed by atoms with Crippen LogP contribution in [0.3, 0.4) is 0 Å². The van der Waals surface area contributed by atoms with E-state index in [9.17, 15) is 4.79 Å². The number of hydrazine groups is 2. The van der Waals surface area contributed by atoms with Crippen LogP contribution in [-0.4, -0.2) is 15.9 Å². The predicted molar refractivity (Wildman–Crippen MR) is 76.8 cm³/mol. The molecule has 0 spiro atoms. The van der Waals surface area contributed by atoms with Gasteiger partial charge in [0, 0.05) is 10.6 Å². The lowest BCUT2D eigenvalue weighted by atomic mass is 10.2. The number of nitrogens with one attached hydrogen (secondary N) is 3. The third-order valence-corrected chi connectivity index (χ3v) is 2.64. The summed E-state index contributed by atoms with van der Waals surface area (Å²) < 4.78 is 0. The molecule has 1 aromatic heterocycles. The highest BCUT2D eigenvalue weighted by Crippen LogP contribution is 2.20. The number of anilines is 3. The van der Waals surface area contributed by atoms with Crippen LogP contribution in [0.25, 0.3) is 0 Å². The number of hydrogen-bond acceptors (Lipinski definition) is 7. The lowest BCUT2D eigenvalue weighted by Gasteiger charge is -2.11. The van der Waals surface area contributed by atoms with E-state index in [0.29, 0.717) is 10.6 Å². The van der Waals surface area contributed by atoms with Crippen LogP contribution >= 0.6 is 11.6 Å². The molecule has 0 saturated heterocycles. The van der Waals surface area contributed by atoms with E-state index in [1.54, 1.807) is 18.2 Å². The van der Waals surface area contributed by atoms with Gasteiger partial charge in [-0.2, -0.15) is 0 Å². The van der Waals surface area contributed by atoms with Gasteiger partial charge < -0.3 is 11.2 Å². The fraction of sp³-hybridized carbons (Fsp3) is 0. The van der Waals surface area contributed by atoms with Crippen molar-refractivity contribution in [3.05, 3.63) is 41.2 Å². The van der Waals surface area contributed by atoms with Crippen molar-refractivity contribution < 1.29 is 4.79 Å². The summed E-state index contributed by atoms with van der Waals surface area (Å²) in [4.78, 5) is 19.6. The van der Waals surface area contributed by atoms with E-state index in [1.165, 1.54) is 12.4 Å². The second kappa shape index (κ2) is 6.04. The number of carbonyl (C=O) groups excluding carboxylic acids is 1. The topological polar surface area (TPSA) is 131 Å². The van der Waals surface area contributed by atoms with Gasteiger partial charge in [0.15, 0.2) is 11.6 Å². The largest absolute Gasteiger partial charge is 0.393 e. The molecular formula is C11H12ClN7O. The Morgan fingerprint density at radius 1 is 1.25 bits per heavy atom. The first kappa shape index (κ1) is 13.8. The lowest BCUT2D eigenvalue weighted by Crippen LogP contribution is -2.30. The van der Waals surface area contributed by atoms with Crippen LogP contribution in [0.2, 0.25) is 5.02 Å². The summed E-state index contributed by atoms with van der Waals surface area (Å²) in [6.07, 6.45) is 1.25. The average Bonchev–Trinajstić information content (AvgIpc) is 2.46. The zero-order valence-corrected chi connectivity index (χ0v) is 11.0. The highest BCUT2D eigenvalue weighted by atomic mass is 35.5. The molecule has 8 nitrogen and oxygen atoms in total. The third-order valence-electron chi connectivity index (χ3n) is 2.40. The molecule has 7 N–H and O–H groups in total. The van der Waals surface area contributed by atoms with Crippen LogP contribution in [-0.2, 0) is 0 Å². The SMILES string of the molecule is NNc1ncnc(NNC(=O)c2cccc(Cl)c2)c1N. The smallest absolute Gasteiger partial charge is 0.269 e. The molecule has 0 bridgehead atoms. The number of nitrogen functional groups attached to an aromatic ring is 2. The molecule has 0 fully saturated rings. The molecule has 0 unspecified atom stereocenters. The number of amides is 1. The summed E-state index contributed by atoms with van der Waals surface area (Å²) in [6, 6.07) is 6.51.